The SMILES string of the molecule is CC(C)[C@H](c1nc(-c2cc(Cl)ccc2F)nn1Cc1ccccc1)N(CCC(N)CF)C(=O)N1CCOCC1CO. The highest BCUT2D eigenvalue weighted by Gasteiger charge is 2.38. The quantitative estimate of drug-likeness (QED) is 0.345. The molecule has 12 heteroatoms. The van der Waals surface area contributed by atoms with Gasteiger partial charge in [-0.1, -0.05) is 55.8 Å². The topological polar surface area (TPSA) is 110 Å². The second-order valence-electron chi connectivity index (χ2n) is 10.5. The number of aromatic nitrogens is 3. The minimum atomic E-state index is -0.755. The molecule has 2 unspecified atom stereocenters. The predicted molar refractivity (Wildman–Crippen MR) is 153 cm³/mol. The van der Waals surface area contributed by atoms with Crippen molar-refractivity contribution in [1.29, 1.82) is 0 Å². The molecule has 222 valence electrons. The summed E-state index contributed by atoms with van der Waals surface area (Å²) in [5.74, 6) is -0.131. The standard InChI is InChI=1S/C29H37ClF2N6O3/c1-19(2)26(37(11-10-22(33)15-31)29(40)36-12-13-41-18-23(36)17-39)28-34-27(24-14-21(30)8-9-25(24)32)35-38(28)16-20-6-4-3-5-7-20/h3-9,14,19,22-23,26,39H,10-13,15-18,33H2,1-2H3/t22?,23?,26-/m1/s1. The van der Waals surface area contributed by atoms with Gasteiger partial charge >= 0.3 is 6.03 Å². The van der Waals surface area contributed by atoms with Gasteiger partial charge in [-0.05, 0) is 36.1 Å². The number of hydrogen-bond donors (Lipinski definition) is 2. The Hall–Kier alpha value is -3.12. The molecule has 3 N–H and O–H groups in total. The van der Waals surface area contributed by atoms with Crippen LogP contribution >= 0.6 is 11.6 Å². The summed E-state index contributed by atoms with van der Waals surface area (Å²) in [5.41, 5.74) is 7.01. The van der Waals surface area contributed by atoms with E-state index in [0.717, 1.165) is 5.56 Å². The van der Waals surface area contributed by atoms with E-state index in [4.69, 9.17) is 27.1 Å². The van der Waals surface area contributed by atoms with Crippen molar-refractivity contribution in [1.82, 2.24) is 24.6 Å². The highest BCUT2D eigenvalue weighted by Crippen LogP contribution is 2.33. The van der Waals surface area contributed by atoms with Gasteiger partial charge < -0.3 is 25.4 Å². The number of benzene rings is 2. The van der Waals surface area contributed by atoms with Gasteiger partial charge in [-0.25, -0.2) is 23.2 Å². The Morgan fingerprint density at radius 1 is 1.27 bits per heavy atom. The number of carbonyl (C=O) groups excluding carboxylic acids is 1. The zero-order chi connectivity index (χ0) is 29.5. The molecule has 0 saturated carbocycles. The lowest BCUT2D eigenvalue weighted by Gasteiger charge is -2.42. The Morgan fingerprint density at radius 2 is 2.02 bits per heavy atom. The van der Waals surface area contributed by atoms with Crippen molar-refractivity contribution in [3.8, 4) is 11.4 Å². The molecule has 1 saturated heterocycles. The number of halogens is 3. The van der Waals surface area contributed by atoms with Gasteiger partial charge in [0.15, 0.2) is 11.6 Å². The number of urea groups is 1. The smallest absolute Gasteiger partial charge is 0.321 e. The van der Waals surface area contributed by atoms with Crippen molar-refractivity contribution < 1.29 is 23.4 Å². The number of alkyl halides is 1. The third-order valence-electron chi connectivity index (χ3n) is 7.15. The zero-order valence-electron chi connectivity index (χ0n) is 23.3. The van der Waals surface area contributed by atoms with Gasteiger partial charge in [-0.15, -0.1) is 0 Å². The van der Waals surface area contributed by atoms with E-state index in [1.165, 1.54) is 18.2 Å². The number of hydrogen-bond acceptors (Lipinski definition) is 6. The number of rotatable bonds is 11. The lowest BCUT2D eigenvalue weighted by Crippen LogP contribution is -2.56. The Bertz CT molecular complexity index is 1290. The second kappa shape index (κ2) is 14.2. The molecule has 2 heterocycles. The number of nitrogens with two attached hydrogens (primary N) is 1. The molecule has 1 fully saturated rings. The van der Waals surface area contributed by atoms with Crippen LogP contribution in [0, 0.1) is 11.7 Å². The summed E-state index contributed by atoms with van der Waals surface area (Å²) in [5, 5.41) is 15.0. The lowest BCUT2D eigenvalue weighted by molar-refractivity contribution is -0.0196. The Morgan fingerprint density at radius 3 is 2.71 bits per heavy atom. The van der Waals surface area contributed by atoms with Crippen molar-refractivity contribution in [2.75, 3.05) is 39.6 Å². The first-order valence-electron chi connectivity index (χ1n) is 13.7. The first-order chi connectivity index (χ1) is 19.7. The Balaban J connectivity index is 1.83. The molecule has 9 nitrogen and oxygen atoms in total. The van der Waals surface area contributed by atoms with Gasteiger partial charge in [-0.2, -0.15) is 5.10 Å². The summed E-state index contributed by atoms with van der Waals surface area (Å²) in [6, 6.07) is 11.5. The molecule has 0 radical (unpaired) electrons. The first-order valence-corrected chi connectivity index (χ1v) is 14.1. The maximum Gasteiger partial charge on any atom is 0.321 e. The van der Waals surface area contributed by atoms with Crippen LogP contribution in [-0.2, 0) is 11.3 Å². The van der Waals surface area contributed by atoms with E-state index >= 15 is 0 Å². The third-order valence-corrected chi connectivity index (χ3v) is 7.38. The monoisotopic (exact) mass is 590 g/mol. The third kappa shape index (κ3) is 7.40. The molecular weight excluding hydrogens is 554 g/mol. The molecule has 2 amide bonds. The van der Waals surface area contributed by atoms with Crippen LogP contribution in [0.3, 0.4) is 0 Å². The van der Waals surface area contributed by atoms with Crippen LogP contribution in [0.4, 0.5) is 13.6 Å². The van der Waals surface area contributed by atoms with Crippen molar-refractivity contribution in [2.45, 2.75) is 44.9 Å². The van der Waals surface area contributed by atoms with Gasteiger partial charge in [0, 0.05) is 24.2 Å². The molecule has 3 atom stereocenters. The lowest BCUT2D eigenvalue weighted by atomic mass is 10.0. The van der Waals surface area contributed by atoms with Gasteiger partial charge in [0.05, 0.1) is 44.0 Å². The number of morpholine rings is 1. The fourth-order valence-corrected chi connectivity index (χ4v) is 5.16. The normalized spacial score (nSPS) is 17.1. The van der Waals surface area contributed by atoms with Crippen molar-refractivity contribution >= 4 is 17.6 Å². The molecule has 41 heavy (non-hydrogen) atoms. The van der Waals surface area contributed by atoms with Gasteiger partial charge in [-0.3, -0.25) is 0 Å². The number of carbonyl (C=O) groups is 1. The van der Waals surface area contributed by atoms with Crippen LogP contribution in [0.5, 0.6) is 0 Å². The maximum atomic E-state index is 14.9. The van der Waals surface area contributed by atoms with E-state index in [-0.39, 0.29) is 56.1 Å². The average molecular weight is 591 g/mol. The van der Waals surface area contributed by atoms with Crippen molar-refractivity contribution in [2.24, 2.45) is 11.7 Å². The van der Waals surface area contributed by atoms with E-state index in [1.807, 2.05) is 44.2 Å². The Labute approximate surface area is 243 Å². The van der Waals surface area contributed by atoms with Gasteiger partial charge in [0.1, 0.15) is 12.5 Å². The van der Waals surface area contributed by atoms with Crippen LogP contribution < -0.4 is 5.73 Å². The molecule has 0 spiro atoms. The van der Waals surface area contributed by atoms with Gasteiger partial charge in [0.25, 0.3) is 0 Å². The Kier molecular flexibility index (Phi) is 10.7. The first kappa shape index (κ1) is 30.8. The summed E-state index contributed by atoms with van der Waals surface area (Å²) in [7, 11) is 0. The van der Waals surface area contributed by atoms with Crippen LogP contribution in [0.1, 0.15) is 37.7 Å². The summed E-state index contributed by atoms with van der Waals surface area (Å²) in [6.07, 6.45) is 0.211. The van der Waals surface area contributed by atoms with Crippen LogP contribution in [0.25, 0.3) is 11.4 Å². The highest BCUT2D eigenvalue weighted by atomic mass is 35.5. The fraction of sp³-hybridized carbons (Fsp3) is 0.483. The molecule has 0 bridgehead atoms. The molecule has 1 aromatic heterocycles. The molecule has 1 aliphatic heterocycles. The maximum absolute atomic E-state index is 14.9. The van der Waals surface area contributed by atoms with E-state index < -0.39 is 30.6 Å². The summed E-state index contributed by atoms with van der Waals surface area (Å²) >= 11 is 6.19. The molecule has 1 aliphatic rings. The second-order valence-corrected chi connectivity index (χ2v) is 11.0. The number of nitrogens with zero attached hydrogens (tertiary/aromatic N) is 5. The summed E-state index contributed by atoms with van der Waals surface area (Å²) < 4.78 is 35.5. The minimum absolute atomic E-state index is 0.133. The molecule has 3 aromatic rings. The number of ether oxygens (including phenoxy) is 1. The van der Waals surface area contributed by atoms with Crippen molar-refractivity contribution in [3.05, 3.63) is 70.8 Å². The highest BCUT2D eigenvalue weighted by molar-refractivity contribution is 6.30. The summed E-state index contributed by atoms with van der Waals surface area (Å²) in [4.78, 5) is 22.1. The molecule has 4 rings (SSSR count). The van der Waals surface area contributed by atoms with Crippen LogP contribution in [0.15, 0.2) is 48.5 Å². The molecule has 0 aliphatic carbocycles. The minimum Gasteiger partial charge on any atom is -0.394 e. The van der Waals surface area contributed by atoms with Crippen LogP contribution in [0.2, 0.25) is 5.02 Å². The predicted octanol–water partition coefficient (Wildman–Crippen LogP) is 4.29. The van der Waals surface area contributed by atoms with E-state index in [9.17, 15) is 18.7 Å². The van der Waals surface area contributed by atoms with Gasteiger partial charge in [0.2, 0.25) is 0 Å². The molecule has 2 aromatic carbocycles. The molecular formula is C29H37ClF2N6O3. The van der Waals surface area contributed by atoms with E-state index in [2.05, 4.69) is 5.10 Å². The number of amides is 2. The average Bonchev–Trinajstić information content (AvgIpc) is 3.38. The fourth-order valence-electron chi connectivity index (χ4n) is 4.98. The largest absolute Gasteiger partial charge is 0.394 e. The van der Waals surface area contributed by atoms with Crippen LogP contribution in [-0.4, -0.2) is 87.4 Å². The summed E-state index contributed by atoms with van der Waals surface area (Å²) in [6.45, 7) is 4.18. The van der Waals surface area contributed by atoms with E-state index in [0.29, 0.717) is 24.0 Å². The number of aliphatic hydroxyl groups is 1. The number of aliphatic hydroxyl groups excluding tert-OH is 1. The van der Waals surface area contributed by atoms with E-state index in [1.54, 1.807) is 14.5 Å². The van der Waals surface area contributed by atoms with Crippen molar-refractivity contribution in [3.63, 3.8) is 0 Å². The zero-order valence-corrected chi connectivity index (χ0v) is 24.1.